The van der Waals surface area contributed by atoms with Crippen molar-refractivity contribution in [2.75, 3.05) is 13.2 Å². The fraction of sp³-hybridized carbons (Fsp3) is 0.409. The van der Waals surface area contributed by atoms with E-state index >= 15 is 0 Å². The van der Waals surface area contributed by atoms with Crippen LogP contribution in [0.15, 0.2) is 48.5 Å². The van der Waals surface area contributed by atoms with Crippen molar-refractivity contribution in [1.29, 1.82) is 0 Å². The number of carbonyl (C=O) groups is 1. The van der Waals surface area contributed by atoms with E-state index in [9.17, 15) is 4.79 Å². The average Bonchev–Trinajstić information content (AvgIpc) is 2.86. The first-order chi connectivity index (χ1) is 11.6. The van der Waals surface area contributed by atoms with Crippen molar-refractivity contribution in [1.82, 2.24) is 0 Å². The molecule has 3 rings (SSSR count). The Bertz CT molecular complexity index is 685. The quantitative estimate of drug-likeness (QED) is 0.671. The Kier molecular flexibility index (Phi) is 4.86. The molecule has 0 radical (unpaired) electrons. The van der Waals surface area contributed by atoms with Gasteiger partial charge in [-0.3, -0.25) is 4.79 Å². The Hall–Kier alpha value is -1.93. The Labute approximate surface area is 144 Å². The van der Waals surface area contributed by atoms with Crippen molar-refractivity contribution < 1.29 is 9.53 Å². The highest BCUT2D eigenvalue weighted by atomic mass is 16.5. The predicted molar refractivity (Wildman–Crippen MR) is 98.2 cm³/mol. The van der Waals surface area contributed by atoms with Gasteiger partial charge in [-0.05, 0) is 34.6 Å². The largest absolute Gasteiger partial charge is 0.380 e. The maximum absolute atomic E-state index is 13.4. The molecule has 0 saturated carbocycles. The summed E-state index contributed by atoms with van der Waals surface area (Å²) in [6, 6.07) is 16.6. The van der Waals surface area contributed by atoms with Gasteiger partial charge in [0, 0.05) is 13.0 Å². The third kappa shape index (κ3) is 2.69. The highest BCUT2D eigenvalue weighted by molar-refractivity contribution is 6.02. The van der Waals surface area contributed by atoms with Gasteiger partial charge in [0.25, 0.3) is 0 Å². The smallest absolute Gasteiger partial charge is 0.150 e. The minimum Gasteiger partial charge on any atom is -0.380 e. The number of hydrogen-bond acceptors (Lipinski definition) is 2. The lowest BCUT2D eigenvalue weighted by Crippen LogP contribution is -2.40. The molecule has 0 amide bonds. The summed E-state index contributed by atoms with van der Waals surface area (Å²) in [7, 11) is 0. The number of ether oxygens (including phenoxy) is 1. The van der Waals surface area contributed by atoms with Crippen LogP contribution in [0.4, 0.5) is 0 Å². The van der Waals surface area contributed by atoms with Crippen LogP contribution in [0.25, 0.3) is 11.1 Å². The predicted octanol–water partition coefficient (Wildman–Crippen LogP) is 4.99. The van der Waals surface area contributed by atoms with Crippen LogP contribution < -0.4 is 0 Å². The van der Waals surface area contributed by atoms with E-state index < -0.39 is 5.41 Å². The van der Waals surface area contributed by atoms with E-state index in [-0.39, 0.29) is 5.78 Å². The Balaban J connectivity index is 2.17. The van der Waals surface area contributed by atoms with E-state index in [0.29, 0.717) is 25.6 Å². The van der Waals surface area contributed by atoms with Crippen LogP contribution in [0, 0.1) is 5.92 Å². The van der Waals surface area contributed by atoms with Crippen LogP contribution in [0.3, 0.4) is 0 Å². The molecule has 0 atom stereocenters. The summed E-state index contributed by atoms with van der Waals surface area (Å²) in [4.78, 5) is 13.4. The van der Waals surface area contributed by atoms with E-state index in [0.717, 1.165) is 17.5 Å². The third-order valence-corrected chi connectivity index (χ3v) is 4.80. The lowest BCUT2D eigenvalue weighted by molar-refractivity contribution is -0.125. The number of rotatable bonds is 7. The van der Waals surface area contributed by atoms with Crippen molar-refractivity contribution in [3.63, 3.8) is 0 Å². The van der Waals surface area contributed by atoms with Gasteiger partial charge in [0.1, 0.15) is 11.2 Å². The van der Waals surface area contributed by atoms with Crippen LogP contribution in [-0.2, 0) is 14.9 Å². The standard InChI is InChI=1S/C22H26O2/c1-4-13-24-15-22(21(23)14-16(2)3)19-11-7-5-9-17(19)18-10-6-8-12-20(18)22/h5-12,16H,4,13-15H2,1-3H3. The van der Waals surface area contributed by atoms with Crippen molar-refractivity contribution in [3.8, 4) is 11.1 Å². The second-order valence-corrected chi connectivity index (χ2v) is 7.07. The topological polar surface area (TPSA) is 26.3 Å². The molecule has 0 aromatic heterocycles. The minimum atomic E-state index is -0.660. The minimum absolute atomic E-state index is 0.269. The molecule has 0 fully saturated rings. The first-order valence-corrected chi connectivity index (χ1v) is 8.91. The van der Waals surface area contributed by atoms with Crippen LogP contribution >= 0.6 is 0 Å². The maximum atomic E-state index is 13.4. The van der Waals surface area contributed by atoms with Crippen molar-refractivity contribution in [3.05, 3.63) is 59.7 Å². The first kappa shape index (κ1) is 16.9. The summed E-state index contributed by atoms with van der Waals surface area (Å²) >= 11 is 0. The summed E-state index contributed by atoms with van der Waals surface area (Å²) in [6.07, 6.45) is 1.52. The van der Waals surface area contributed by atoms with Crippen LogP contribution in [0.1, 0.15) is 44.7 Å². The van der Waals surface area contributed by atoms with E-state index in [1.165, 1.54) is 11.1 Å². The molecule has 0 bridgehead atoms. The Morgan fingerprint density at radius 3 is 2.04 bits per heavy atom. The monoisotopic (exact) mass is 322 g/mol. The van der Waals surface area contributed by atoms with Gasteiger partial charge in [-0.25, -0.2) is 0 Å². The zero-order chi connectivity index (χ0) is 17.2. The van der Waals surface area contributed by atoms with Gasteiger partial charge in [0.2, 0.25) is 0 Å². The van der Waals surface area contributed by atoms with Gasteiger partial charge in [-0.1, -0.05) is 69.3 Å². The number of hydrogen-bond donors (Lipinski definition) is 0. The number of fused-ring (bicyclic) bond motifs is 3. The molecule has 2 aromatic rings. The van der Waals surface area contributed by atoms with Crippen LogP contribution in [0.5, 0.6) is 0 Å². The zero-order valence-corrected chi connectivity index (χ0v) is 14.8. The molecule has 0 spiro atoms. The zero-order valence-electron chi connectivity index (χ0n) is 14.8. The molecule has 0 saturated heterocycles. The summed E-state index contributed by atoms with van der Waals surface area (Å²) in [5.74, 6) is 0.603. The second-order valence-electron chi connectivity index (χ2n) is 7.07. The molecular weight excluding hydrogens is 296 g/mol. The molecule has 0 unspecified atom stereocenters. The molecule has 2 heteroatoms. The molecular formula is C22H26O2. The average molecular weight is 322 g/mol. The number of benzene rings is 2. The van der Waals surface area contributed by atoms with Gasteiger partial charge in [0.15, 0.2) is 0 Å². The van der Waals surface area contributed by atoms with Gasteiger partial charge in [0.05, 0.1) is 6.61 Å². The SMILES string of the molecule is CCCOCC1(C(=O)CC(C)C)c2ccccc2-c2ccccc21. The first-order valence-electron chi connectivity index (χ1n) is 8.91. The van der Waals surface area contributed by atoms with Gasteiger partial charge < -0.3 is 4.74 Å². The Morgan fingerprint density at radius 2 is 1.54 bits per heavy atom. The lowest BCUT2D eigenvalue weighted by atomic mass is 9.73. The van der Waals surface area contributed by atoms with Crippen LogP contribution in [-0.4, -0.2) is 19.0 Å². The molecule has 2 nitrogen and oxygen atoms in total. The van der Waals surface area contributed by atoms with Crippen LogP contribution in [0.2, 0.25) is 0 Å². The molecule has 0 heterocycles. The van der Waals surface area contributed by atoms with E-state index in [1.54, 1.807) is 0 Å². The highest BCUT2D eigenvalue weighted by Crippen LogP contribution is 2.50. The second kappa shape index (κ2) is 6.90. The van der Waals surface area contributed by atoms with E-state index in [2.05, 4.69) is 45.0 Å². The molecule has 24 heavy (non-hydrogen) atoms. The fourth-order valence-electron chi connectivity index (χ4n) is 3.78. The van der Waals surface area contributed by atoms with Gasteiger partial charge in [-0.2, -0.15) is 0 Å². The number of carbonyl (C=O) groups excluding carboxylic acids is 1. The van der Waals surface area contributed by atoms with E-state index in [1.807, 2.05) is 24.3 Å². The fourth-order valence-corrected chi connectivity index (χ4v) is 3.78. The third-order valence-electron chi connectivity index (χ3n) is 4.80. The van der Waals surface area contributed by atoms with Gasteiger partial charge in [-0.15, -0.1) is 0 Å². The maximum Gasteiger partial charge on any atom is 0.150 e. The van der Waals surface area contributed by atoms with Gasteiger partial charge >= 0.3 is 0 Å². The summed E-state index contributed by atoms with van der Waals surface area (Å²) in [6.45, 7) is 7.41. The number of Topliss-reactive ketones (excluding diaryl/α,β-unsaturated/α-hetero) is 1. The molecule has 0 N–H and O–H groups in total. The molecule has 1 aliphatic carbocycles. The summed E-state index contributed by atoms with van der Waals surface area (Å²) < 4.78 is 5.97. The Morgan fingerprint density at radius 1 is 1.00 bits per heavy atom. The molecule has 126 valence electrons. The summed E-state index contributed by atoms with van der Waals surface area (Å²) in [5, 5.41) is 0. The van der Waals surface area contributed by atoms with E-state index in [4.69, 9.17) is 4.74 Å². The normalized spacial score (nSPS) is 14.5. The summed E-state index contributed by atoms with van der Waals surface area (Å²) in [5.41, 5.74) is 3.89. The molecule has 1 aliphatic rings. The highest BCUT2D eigenvalue weighted by Gasteiger charge is 2.48. The van der Waals surface area contributed by atoms with Crippen molar-refractivity contribution in [2.24, 2.45) is 5.92 Å². The van der Waals surface area contributed by atoms with Crippen molar-refractivity contribution >= 4 is 5.78 Å². The molecule has 2 aromatic carbocycles. The van der Waals surface area contributed by atoms with Crippen molar-refractivity contribution in [2.45, 2.75) is 39.0 Å². The molecule has 0 aliphatic heterocycles. The lowest BCUT2D eigenvalue weighted by Gasteiger charge is -2.31. The number of ketones is 1.